The van der Waals surface area contributed by atoms with Crippen LogP contribution in [0.5, 0.6) is 0 Å². The van der Waals surface area contributed by atoms with Crippen LogP contribution in [-0.2, 0) is 18.9 Å². The van der Waals surface area contributed by atoms with E-state index in [2.05, 4.69) is 20.8 Å². The zero-order valence-corrected chi connectivity index (χ0v) is 15.3. The van der Waals surface area contributed by atoms with Gasteiger partial charge in [-0.25, -0.2) is 0 Å². The van der Waals surface area contributed by atoms with E-state index in [1.165, 1.54) is 0 Å². The maximum absolute atomic E-state index is 5.83. The Morgan fingerprint density at radius 3 is 1.71 bits per heavy atom. The summed E-state index contributed by atoms with van der Waals surface area (Å²) in [4.78, 5) is 0. The van der Waals surface area contributed by atoms with Crippen LogP contribution in [0.15, 0.2) is 0 Å². The summed E-state index contributed by atoms with van der Waals surface area (Å²) in [5.41, 5.74) is -0.0800. The van der Waals surface area contributed by atoms with E-state index in [4.69, 9.17) is 18.9 Å². The van der Waals surface area contributed by atoms with Crippen LogP contribution >= 0.6 is 0 Å². The first kappa shape index (κ1) is 20.8. The number of hydrogen-bond donors (Lipinski definition) is 0. The molecule has 0 spiro atoms. The third-order valence-corrected chi connectivity index (χ3v) is 3.30. The second-order valence-electron chi connectivity index (χ2n) is 6.71. The molecular weight excluding hydrogens is 268 g/mol. The third-order valence-electron chi connectivity index (χ3n) is 3.30. The summed E-state index contributed by atoms with van der Waals surface area (Å²) < 4.78 is 23.0. The van der Waals surface area contributed by atoms with Gasteiger partial charge in [-0.2, -0.15) is 0 Å². The molecule has 3 unspecified atom stereocenters. The lowest BCUT2D eigenvalue weighted by Gasteiger charge is -2.26. The Morgan fingerprint density at radius 2 is 1.24 bits per heavy atom. The monoisotopic (exact) mass is 304 g/mol. The van der Waals surface area contributed by atoms with Crippen molar-refractivity contribution >= 4 is 0 Å². The Morgan fingerprint density at radius 1 is 0.762 bits per heavy atom. The van der Waals surface area contributed by atoms with E-state index in [0.717, 1.165) is 6.42 Å². The van der Waals surface area contributed by atoms with Crippen LogP contribution in [0.1, 0.15) is 61.8 Å². The molecule has 0 aliphatic carbocycles. The molecule has 4 nitrogen and oxygen atoms in total. The molecule has 0 aromatic carbocycles. The van der Waals surface area contributed by atoms with Gasteiger partial charge >= 0.3 is 0 Å². The molecule has 0 rings (SSSR count). The fraction of sp³-hybridized carbons (Fsp3) is 1.00. The van der Waals surface area contributed by atoms with E-state index in [9.17, 15) is 0 Å². The molecular formula is C17H36O4. The van der Waals surface area contributed by atoms with Gasteiger partial charge in [0.25, 0.3) is 0 Å². The Bertz CT molecular complexity index is 253. The zero-order valence-electron chi connectivity index (χ0n) is 15.3. The van der Waals surface area contributed by atoms with Gasteiger partial charge in [0.2, 0.25) is 0 Å². The first-order chi connectivity index (χ1) is 9.66. The molecule has 0 fully saturated rings. The summed E-state index contributed by atoms with van der Waals surface area (Å²) in [6.07, 6.45) is 1.47. The largest absolute Gasteiger partial charge is 0.373 e. The summed E-state index contributed by atoms with van der Waals surface area (Å²) in [7, 11) is 0. The molecule has 0 N–H and O–H groups in total. The second kappa shape index (κ2) is 10.5. The number of rotatable bonds is 12. The SMILES string of the molecule is CCC(C)(C)OCC(C)OCC(C)OCC(C)OC(C)C. The third kappa shape index (κ3) is 12.1. The molecule has 0 aromatic rings. The average molecular weight is 304 g/mol. The first-order valence-electron chi connectivity index (χ1n) is 8.19. The Balaban J connectivity index is 3.75. The molecule has 0 aromatic heterocycles. The molecule has 0 saturated heterocycles. The van der Waals surface area contributed by atoms with Crippen molar-refractivity contribution < 1.29 is 18.9 Å². The molecule has 0 aliphatic rings. The van der Waals surface area contributed by atoms with Gasteiger partial charge in [-0.15, -0.1) is 0 Å². The number of hydrogen-bond acceptors (Lipinski definition) is 4. The second-order valence-corrected chi connectivity index (χ2v) is 6.71. The molecule has 4 heteroatoms. The van der Waals surface area contributed by atoms with Crippen LogP contribution in [0.4, 0.5) is 0 Å². The van der Waals surface area contributed by atoms with E-state index in [-0.39, 0.29) is 30.0 Å². The van der Waals surface area contributed by atoms with Gasteiger partial charge in [-0.05, 0) is 54.9 Å². The highest BCUT2D eigenvalue weighted by molar-refractivity contribution is 4.66. The highest BCUT2D eigenvalue weighted by Gasteiger charge is 2.17. The van der Waals surface area contributed by atoms with Gasteiger partial charge in [0.05, 0.1) is 49.8 Å². The van der Waals surface area contributed by atoms with Gasteiger partial charge < -0.3 is 18.9 Å². The van der Waals surface area contributed by atoms with E-state index in [1.807, 2.05) is 34.6 Å². The highest BCUT2D eigenvalue weighted by atomic mass is 16.6. The summed E-state index contributed by atoms with van der Waals surface area (Å²) in [6, 6.07) is 0. The van der Waals surface area contributed by atoms with Crippen molar-refractivity contribution in [2.45, 2.75) is 91.8 Å². The average Bonchev–Trinajstić information content (AvgIpc) is 2.40. The van der Waals surface area contributed by atoms with Crippen LogP contribution in [0.2, 0.25) is 0 Å². The summed E-state index contributed by atoms with van der Waals surface area (Å²) in [5.74, 6) is 0. The summed E-state index contributed by atoms with van der Waals surface area (Å²) in [6.45, 7) is 18.2. The maximum atomic E-state index is 5.83. The predicted molar refractivity (Wildman–Crippen MR) is 86.8 cm³/mol. The molecule has 0 bridgehead atoms. The topological polar surface area (TPSA) is 36.9 Å². The quantitative estimate of drug-likeness (QED) is 0.549. The van der Waals surface area contributed by atoms with Crippen molar-refractivity contribution in [2.24, 2.45) is 0 Å². The van der Waals surface area contributed by atoms with E-state index in [0.29, 0.717) is 19.8 Å². The molecule has 0 radical (unpaired) electrons. The van der Waals surface area contributed by atoms with Gasteiger partial charge in [-0.1, -0.05) is 6.92 Å². The number of ether oxygens (including phenoxy) is 4. The van der Waals surface area contributed by atoms with Crippen LogP contribution in [0.25, 0.3) is 0 Å². The van der Waals surface area contributed by atoms with Gasteiger partial charge in [0, 0.05) is 0 Å². The van der Waals surface area contributed by atoms with E-state index >= 15 is 0 Å². The summed E-state index contributed by atoms with van der Waals surface area (Å²) in [5, 5.41) is 0. The maximum Gasteiger partial charge on any atom is 0.0784 e. The van der Waals surface area contributed by atoms with Crippen LogP contribution in [0.3, 0.4) is 0 Å². The van der Waals surface area contributed by atoms with E-state index in [1.54, 1.807) is 0 Å². The lowest BCUT2D eigenvalue weighted by molar-refractivity contribution is -0.106. The molecule has 0 saturated carbocycles. The zero-order chi connectivity index (χ0) is 16.5. The van der Waals surface area contributed by atoms with Crippen LogP contribution in [0, 0.1) is 0 Å². The fourth-order valence-electron chi connectivity index (χ4n) is 1.64. The Kier molecular flexibility index (Phi) is 10.5. The Labute approximate surface area is 131 Å². The first-order valence-corrected chi connectivity index (χ1v) is 8.19. The van der Waals surface area contributed by atoms with Crippen molar-refractivity contribution in [1.82, 2.24) is 0 Å². The molecule has 0 aliphatic heterocycles. The lowest BCUT2D eigenvalue weighted by atomic mass is 10.1. The minimum Gasteiger partial charge on any atom is -0.373 e. The van der Waals surface area contributed by atoms with Crippen LogP contribution < -0.4 is 0 Å². The summed E-state index contributed by atoms with van der Waals surface area (Å²) >= 11 is 0. The normalized spacial score (nSPS) is 17.0. The predicted octanol–water partition coefficient (Wildman–Crippen LogP) is 3.82. The minimum absolute atomic E-state index is 0.0600. The van der Waals surface area contributed by atoms with Crippen molar-refractivity contribution in [3.8, 4) is 0 Å². The lowest BCUT2D eigenvalue weighted by Crippen LogP contribution is -2.31. The highest BCUT2D eigenvalue weighted by Crippen LogP contribution is 2.14. The molecule has 0 heterocycles. The van der Waals surface area contributed by atoms with Crippen molar-refractivity contribution in [1.29, 1.82) is 0 Å². The smallest absolute Gasteiger partial charge is 0.0784 e. The molecule has 21 heavy (non-hydrogen) atoms. The molecule has 3 atom stereocenters. The van der Waals surface area contributed by atoms with E-state index < -0.39 is 0 Å². The van der Waals surface area contributed by atoms with Crippen LogP contribution in [-0.4, -0.2) is 49.8 Å². The van der Waals surface area contributed by atoms with Crippen molar-refractivity contribution in [3.63, 3.8) is 0 Å². The van der Waals surface area contributed by atoms with Gasteiger partial charge in [-0.3, -0.25) is 0 Å². The fourth-order valence-corrected chi connectivity index (χ4v) is 1.64. The van der Waals surface area contributed by atoms with Crippen molar-refractivity contribution in [3.05, 3.63) is 0 Å². The molecule has 0 amide bonds. The minimum atomic E-state index is -0.0800. The standard InChI is InChI=1S/C17H36O4/c1-9-17(7,8)20-12-15(5)18-10-14(4)19-11-16(6)21-13(2)3/h13-16H,9-12H2,1-8H3. The van der Waals surface area contributed by atoms with Gasteiger partial charge in [0.1, 0.15) is 0 Å². The Hall–Kier alpha value is -0.160. The molecule has 128 valence electrons. The van der Waals surface area contributed by atoms with Gasteiger partial charge in [0.15, 0.2) is 0 Å². The van der Waals surface area contributed by atoms with Crippen molar-refractivity contribution in [2.75, 3.05) is 19.8 Å².